The number of nitrogens with one attached hydrogen (secondary N) is 3. The van der Waals surface area contributed by atoms with Crippen LogP contribution < -0.4 is 14.8 Å². The van der Waals surface area contributed by atoms with Crippen LogP contribution in [-0.2, 0) is 12.8 Å². The number of aryl methyl sites for hydroxylation is 5. The second-order valence-electron chi connectivity index (χ2n) is 17.5. The number of anilines is 1. The number of benzene rings is 4. The van der Waals surface area contributed by atoms with Gasteiger partial charge in [-0.25, -0.2) is 9.97 Å². The molecule has 4 aromatic carbocycles. The molecule has 334 valence electrons. The van der Waals surface area contributed by atoms with E-state index in [1.54, 1.807) is 14.2 Å². The van der Waals surface area contributed by atoms with Gasteiger partial charge in [-0.05, 0) is 171 Å². The largest absolute Gasteiger partial charge is 0.496 e. The number of methoxy groups -OCH3 is 2. The van der Waals surface area contributed by atoms with Crippen LogP contribution in [0.1, 0.15) is 115 Å². The van der Waals surface area contributed by atoms with E-state index in [1.165, 1.54) is 44.5 Å². The Morgan fingerprint density at radius 2 is 1.03 bits per heavy atom. The van der Waals surface area contributed by atoms with Crippen LogP contribution in [0.25, 0.3) is 77.4 Å². The van der Waals surface area contributed by atoms with Crippen molar-refractivity contribution in [2.45, 2.75) is 88.0 Å². The van der Waals surface area contributed by atoms with Crippen molar-refractivity contribution in [3.63, 3.8) is 0 Å². The molecule has 0 aliphatic carbocycles. The van der Waals surface area contributed by atoms with Crippen LogP contribution in [0.15, 0.2) is 91.0 Å². The van der Waals surface area contributed by atoms with Crippen molar-refractivity contribution in [2.24, 2.45) is 0 Å². The Bertz CT molecular complexity index is 3340. The Hall–Kier alpha value is -7.19. The van der Waals surface area contributed by atoms with Gasteiger partial charge in [-0.15, -0.1) is 0 Å². The summed E-state index contributed by atoms with van der Waals surface area (Å²) in [6, 6.07) is 30.8. The number of carbonyl (C=O) groups is 1. The Morgan fingerprint density at radius 1 is 0.561 bits per heavy atom. The van der Waals surface area contributed by atoms with E-state index in [4.69, 9.17) is 19.4 Å². The molecule has 0 spiro atoms. The number of hydrogen-bond donors (Lipinski definition) is 3. The van der Waals surface area contributed by atoms with Crippen molar-refractivity contribution in [2.75, 3.05) is 19.5 Å². The summed E-state index contributed by atoms with van der Waals surface area (Å²) >= 11 is 0. The van der Waals surface area contributed by atoms with E-state index >= 15 is 0 Å². The first kappa shape index (κ1) is 44.0. The van der Waals surface area contributed by atoms with Gasteiger partial charge in [-0.1, -0.05) is 69.7 Å². The maximum absolute atomic E-state index is 13.8. The molecule has 0 unspecified atom stereocenters. The number of nitrogens with zero attached hydrogens (tertiary/aromatic N) is 2. The lowest BCUT2D eigenvalue weighted by molar-refractivity contribution is 0.102. The molecule has 2 aliphatic heterocycles. The van der Waals surface area contributed by atoms with Gasteiger partial charge in [0.25, 0.3) is 5.91 Å². The summed E-state index contributed by atoms with van der Waals surface area (Å²) in [6.07, 6.45) is 3.38. The van der Waals surface area contributed by atoms with E-state index in [-0.39, 0.29) is 5.91 Å². The van der Waals surface area contributed by atoms with E-state index in [0.717, 1.165) is 115 Å². The summed E-state index contributed by atoms with van der Waals surface area (Å²) in [6.45, 7) is 20.0. The fraction of sp³-hybridized carbons (Fsp3) is 0.259. The van der Waals surface area contributed by atoms with Crippen molar-refractivity contribution < 1.29 is 14.3 Å². The van der Waals surface area contributed by atoms with Gasteiger partial charge in [0.1, 0.15) is 11.5 Å². The van der Waals surface area contributed by atoms with Crippen LogP contribution in [0.5, 0.6) is 11.5 Å². The summed E-state index contributed by atoms with van der Waals surface area (Å²) in [5.74, 6) is 1.17. The lowest BCUT2D eigenvalue weighted by Crippen LogP contribution is -2.11. The topological polar surface area (TPSA) is 105 Å². The molecule has 0 saturated heterocycles. The SMILES string of the molecule is CCC1=C(C)c2nc1cc1[nH]c(c(C)c1CC)c(-c1ccc(C)cc1)c1nc(cc3[nH]c(c(C)c3CC)c2-c2ccc(NC(=O)c3ccc4c(OC)ccc(OC)c4c3)cc2)C(CC)=C1C. The molecular formula is C58H59N5O3. The second-order valence-corrected chi connectivity index (χ2v) is 17.5. The Morgan fingerprint density at radius 3 is 1.48 bits per heavy atom. The maximum atomic E-state index is 13.8. The third-order valence-corrected chi connectivity index (χ3v) is 13.9. The molecule has 0 radical (unpaired) electrons. The standard InChI is InChI=1S/C58H59N5O3/c1-12-40-32(6)54-52(36-18-16-31(5)17-19-36)55-33(7)41(13-2)47(61-55)30-49-43(15-4)35(9)57(63-49)53(56-34(8)42(14-3)48(62-56)29-46(40)60-54)37-20-23-39(24-21-37)59-58(64)38-22-25-44-45(28-38)51(66-11)27-26-50(44)65-10/h16-30,60,63H,12-15H2,1-11H3,(H,59,64). The first-order chi connectivity index (χ1) is 31.9. The third-order valence-electron chi connectivity index (χ3n) is 13.9. The van der Waals surface area contributed by atoms with Crippen molar-refractivity contribution in [1.82, 2.24) is 19.9 Å². The number of aromatic amines is 2. The lowest BCUT2D eigenvalue weighted by Gasteiger charge is -2.12. The van der Waals surface area contributed by atoms with Gasteiger partial charge in [-0.3, -0.25) is 4.79 Å². The molecule has 3 N–H and O–H groups in total. The van der Waals surface area contributed by atoms with Gasteiger partial charge in [0, 0.05) is 44.2 Å². The fourth-order valence-corrected chi connectivity index (χ4v) is 10.3. The van der Waals surface area contributed by atoms with Gasteiger partial charge >= 0.3 is 0 Å². The summed E-state index contributed by atoms with van der Waals surface area (Å²) in [7, 11) is 3.27. The molecule has 8 nitrogen and oxygen atoms in total. The second kappa shape index (κ2) is 17.7. The molecule has 7 aromatic rings. The summed E-state index contributed by atoms with van der Waals surface area (Å²) in [5.41, 5.74) is 24.6. The molecule has 2 aliphatic rings. The number of H-pyrrole nitrogens is 2. The third kappa shape index (κ3) is 7.38. The first-order valence-corrected chi connectivity index (χ1v) is 23.3. The smallest absolute Gasteiger partial charge is 0.255 e. The molecule has 9 rings (SSSR count). The highest BCUT2D eigenvalue weighted by Gasteiger charge is 2.26. The molecular weight excluding hydrogens is 815 g/mol. The quantitative estimate of drug-likeness (QED) is 0.127. The van der Waals surface area contributed by atoms with E-state index in [2.05, 4.69) is 126 Å². The Balaban J connectivity index is 1.29. The summed E-state index contributed by atoms with van der Waals surface area (Å²) in [5, 5.41) is 4.82. The molecule has 0 fully saturated rings. The van der Waals surface area contributed by atoms with E-state index in [1.807, 2.05) is 42.5 Å². The van der Waals surface area contributed by atoms with Gasteiger partial charge in [0.2, 0.25) is 0 Å². The first-order valence-electron chi connectivity index (χ1n) is 23.3. The van der Waals surface area contributed by atoms with E-state index < -0.39 is 0 Å². The average Bonchev–Trinajstić information content (AvgIpc) is 4.02. The molecule has 3 aromatic heterocycles. The zero-order valence-electron chi connectivity index (χ0n) is 40.1. The highest BCUT2D eigenvalue weighted by Crippen LogP contribution is 2.44. The van der Waals surface area contributed by atoms with E-state index in [0.29, 0.717) is 17.0 Å². The number of ether oxygens (including phenoxy) is 2. The van der Waals surface area contributed by atoms with Crippen LogP contribution in [-0.4, -0.2) is 40.1 Å². The predicted molar refractivity (Wildman–Crippen MR) is 275 cm³/mol. The Labute approximate surface area is 387 Å². The number of allylic oxidation sites excluding steroid dienone is 4. The number of amides is 1. The highest BCUT2D eigenvalue weighted by molar-refractivity contribution is 6.08. The van der Waals surface area contributed by atoms with Crippen LogP contribution in [0.3, 0.4) is 0 Å². The van der Waals surface area contributed by atoms with Crippen molar-refractivity contribution in [1.29, 1.82) is 0 Å². The van der Waals surface area contributed by atoms with Gasteiger partial charge in [-0.2, -0.15) is 0 Å². The Kier molecular flexibility index (Phi) is 11.8. The van der Waals surface area contributed by atoms with Crippen molar-refractivity contribution in [3.05, 3.63) is 147 Å². The molecule has 1 amide bonds. The van der Waals surface area contributed by atoms with Gasteiger partial charge < -0.3 is 24.8 Å². The maximum Gasteiger partial charge on any atom is 0.255 e. The van der Waals surface area contributed by atoms with Gasteiger partial charge in [0.15, 0.2) is 0 Å². The number of carbonyl (C=O) groups excluding carboxylic acids is 1. The molecule has 0 saturated carbocycles. The zero-order valence-corrected chi connectivity index (χ0v) is 40.1. The minimum Gasteiger partial charge on any atom is -0.496 e. The van der Waals surface area contributed by atoms with Crippen LogP contribution >= 0.6 is 0 Å². The normalized spacial score (nSPS) is 12.7. The lowest BCUT2D eigenvalue weighted by atomic mass is 9.95. The number of hydrogen-bond acceptors (Lipinski definition) is 5. The van der Waals surface area contributed by atoms with Crippen molar-refractivity contribution >= 4 is 66.7 Å². The summed E-state index contributed by atoms with van der Waals surface area (Å²) < 4.78 is 11.2. The molecule has 66 heavy (non-hydrogen) atoms. The monoisotopic (exact) mass is 873 g/mol. The van der Waals surface area contributed by atoms with Crippen LogP contribution in [0.2, 0.25) is 0 Å². The number of rotatable bonds is 10. The van der Waals surface area contributed by atoms with Crippen LogP contribution in [0, 0.1) is 20.8 Å². The molecule has 5 heterocycles. The van der Waals surface area contributed by atoms with Gasteiger partial charge in [0.05, 0.1) is 48.0 Å². The number of fused-ring (bicyclic) bond motifs is 9. The minimum absolute atomic E-state index is 0.218. The molecule has 8 bridgehead atoms. The van der Waals surface area contributed by atoms with Crippen LogP contribution in [0.4, 0.5) is 5.69 Å². The predicted octanol–water partition coefficient (Wildman–Crippen LogP) is 14.8. The minimum atomic E-state index is -0.218. The average molecular weight is 874 g/mol. The van der Waals surface area contributed by atoms with E-state index in [9.17, 15) is 4.79 Å². The fourth-order valence-electron chi connectivity index (χ4n) is 10.3. The molecule has 0 atom stereocenters. The summed E-state index contributed by atoms with van der Waals surface area (Å²) in [4.78, 5) is 32.9. The highest BCUT2D eigenvalue weighted by atomic mass is 16.5. The number of aromatic nitrogens is 4. The zero-order chi connectivity index (χ0) is 46.6. The van der Waals surface area contributed by atoms with Crippen molar-refractivity contribution in [3.8, 4) is 33.8 Å². The molecule has 8 heteroatoms.